The third-order valence-electron chi connectivity index (χ3n) is 7.48. The standard InChI is InChI=1S/C31H46O2/c1-3-5-6-9-26-12-14-27(15-13-26)10-7-8-11-28-16-18-29(19-17-28)25-33-31-22-20-30(21-23-31)32-24-4-2/h7,10,20-23,26-29H,3-6,9,12-19,24-25H2,1-2H3/t26-,27-,28-,29-. The van der Waals surface area contributed by atoms with Crippen molar-refractivity contribution in [3.63, 3.8) is 0 Å². The van der Waals surface area contributed by atoms with Crippen LogP contribution in [-0.4, -0.2) is 13.2 Å². The van der Waals surface area contributed by atoms with E-state index in [4.69, 9.17) is 9.47 Å². The molecule has 0 bridgehead atoms. The normalized spacial score (nSPS) is 25.4. The van der Waals surface area contributed by atoms with Crippen molar-refractivity contribution in [1.29, 1.82) is 0 Å². The number of allylic oxidation sites excluding steroid dienone is 2. The Hall–Kier alpha value is -1.88. The molecule has 0 heterocycles. The molecule has 1 aromatic carbocycles. The summed E-state index contributed by atoms with van der Waals surface area (Å²) in [5.41, 5.74) is 0. The maximum absolute atomic E-state index is 6.04. The Bertz CT molecular complexity index is 722. The molecule has 0 radical (unpaired) electrons. The quantitative estimate of drug-likeness (QED) is 0.248. The van der Waals surface area contributed by atoms with Crippen LogP contribution in [0.25, 0.3) is 0 Å². The molecule has 0 unspecified atom stereocenters. The van der Waals surface area contributed by atoms with Crippen LogP contribution in [0.1, 0.15) is 97.3 Å². The Morgan fingerprint density at radius 3 is 2.12 bits per heavy atom. The minimum Gasteiger partial charge on any atom is -0.494 e. The molecule has 182 valence electrons. The van der Waals surface area contributed by atoms with Gasteiger partial charge < -0.3 is 9.47 Å². The lowest BCUT2D eigenvalue weighted by Crippen LogP contribution is -2.19. The molecule has 1 aromatic rings. The molecule has 0 aliphatic heterocycles. The molecule has 2 nitrogen and oxygen atoms in total. The predicted molar refractivity (Wildman–Crippen MR) is 140 cm³/mol. The van der Waals surface area contributed by atoms with Gasteiger partial charge in [-0.2, -0.15) is 0 Å². The van der Waals surface area contributed by atoms with Crippen molar-refractivity contribution in [2.45, 2.75) is 97.3 Å². The summed E-state index contributed by atoms with van der Waals surface area (Å²) in [6.07, 6.45) is 21.7. The number of rotatable bonds is 11. The van der Waals surface area contributed by atoms with Gasteiger partial charge in [0.1, 0.15) is 11.5 Å². The first-order valence-electron chi connectivity index (χ1n) is 13.8. The Morgan fingerprint density at radius 1 is 0.788 bits per heavy atom. The predicted octanol–water partition coefficient (Wildman–Crippen LogP) is 8.61. The third-order valence-corrected chi connectivity index (χ3v) is 7.48. The van der Waals surface area contributed by atoms with Crippen LogP contribution in [0, 0.1) is 35.5 Å². The lowest BCUT2D eigenvalue weighted by Gasteiger charge is -2.26. The van der Waals surface area contributed by atoms with Crippen molar-refractivity contribution in [3.8, 4) is 23.3 Å². The van der Waals surface area contributed by atoms with E-state index in [1.165, 1.54) is 77.0 Å². The summed E-state index contributed by atoms with van der Waals surface area (Å²) >= 11 is 0. The van der Waals surface area contributed by atoms with E-state index in [9.17, 15) is 0 Å². The van der Waals surface area contributed by atoms with Gasteiger partial charge in [-0.15, -0.1) is 0 Å². The van der Waals surface area contributed by atoms with Crippen molar-refractivity contribution in [3.05, 3.63) is 36.4 Å². The van der Waals surface area contributed by atoms with E-state index in [1.54, 1.807) is 0 Å². The van der Waals surface area contributed by atoms with Gasteiger partial charge >= 0.3 is 0 Å². The Morgan fingerprint density at radius 2 is 1.45 bits per heavy atom. The van der Waals surface area contributed by atoms with Crippen LogP contribution in [0.3, 0.4) is 0 Å². The number of benzene rings is 1. The Kier molecular flexibility index (Phi) is 11.8. The highest BCUT2D eigenvalue weighted by Gasteiger charge is 2.21. The lowest BCUT2D eigenvalue weighted by molar-refractivity contribution is 0.196. The first-order chi connectivity index (χ1) is 16.3. The summed E-state index contributed by atoms with van der Waals surface area (Å²) in [5.74, 6) is 11.7. The van der Waals surface area contributed by atoms with Crippen molar-refractivity contribution in [1.82, 2.24) is 0 Å². The minimum absolute atomic E-state index is 0.565. The summed E-state index contributed by atoms with van der Waals surface area (Å²) in [5, 5.41) is 0. The van der Waals surface area contributed by atoms with E-state index in [1.807, 2.05) is 24.3 Å². The van der Waals surface area contributed by atoms with Crippen molar-refractivity contribution < 1.29 is 9.47 Å². The van der Waals surface area contributed by atoms with Gasteiger partial charge in [0.2, 0.25) is 0 Å². The first kappa shape index (κ1) is 25.7. The molecule has 0 amide bonds. The summed E-state index contributed by atoms with van der Waals surface area (Å²) in [6.45, 7) is 6.00. The average Bonchev–Trinajstić information content (AvgIpc) is 2.86. The lowest BCUT2D eigenvalue weighted by atomic mass is 9.79. The topological polar surface area (TPSA) is 18.5 Å². The summed E-state index contributed by atoms with van der Waals surface area (Å²) in [7, 11) is 0. The average molecular weight is 451 g/mol. The second-order valence-electron chi connectivity index (χ2n) is 10.3. The highest BCUT2D eigenvalue weighted by molar-refractivity contribution is 5.31. The fraction of sp³-hybridized carbons (Fsp3) is 0.677. The largest absolute Gasteiger partial charge is 0.494 e. The SMILES string of the molecule is CCCCC[C@H]1CC[C@H](C=CC#C[C@H]2CC[C@H](COc3ccc(OCCC)cc3)CC2)CC1. The molecule has 0 N–H and O–H groups in total. The number of ether oxygens (including phenoxy) is 2. The number of hydrogen-bond acceptors (Lipinski definition) is 2. The fourth-order valence-corrected chi connectivity index (χ4v) is 5.24. The highest BCUT2D eigenvalue weighted by Crippen LogP contribution is 2.33. The van der Waals surface area contributed by atoms with Crippen LogP contribution in [0.4, 0.5) is 0 Å². The van der Waals surface area contributed by atoms with E-state index >= 15 is 0 Å². The van der Waals surface area contributed by atoms with Gasteiger partial charge in [-0.25, -0.2) is 0 Å². The minimum atomic E-state index is 0.565. The van der Waals surface area contributed by atoms with Gasteiger partial charge in [-0.3, -0.25) is 0 Å². The Balaban J connectivity index is 1.28. The zero-order valence-electron chi connectivity index (χ0n) is 21.2. The molecule has 33 heavy (non-hydrogen) atoms. The molecule has 2 aliphatic carbocycles. The molecular weight excluding hydrogens is 404 g/mol. The molecule has 3 rings (SSSR count). The molecule has 0 saturated heterocycles. The molecule has 2 fully saturated rings. The van der Waals surface area contributed by atoms with Crippen LogP contribution in [0.15, 0.2) is 36.4 Å². The Labute approximate surface area is 203 Å². The van der Waals surface area contributed by atoms with Crippen LogP contribution < -0.4 is 9.47 Å². The van der Waals surface area contributed by atoms with Crippen LogP contribution in [0.2, 0.25) is 0 Å². The van der Waals surface area contributed by atoms with Gasteiger partial charge in [0.15, 0.2) is 0 Å². The second-order valence-corrected chi connectivity index (χ2v) is 10.3. The maximum Gasteiger partial charge on any atom is 0.119 e. The van der Waals surface area contributed by atoms with Gasteiger partial charge in [0, 0.05) is 5.92 Å². The summed E-state index contributed by atoms with van der Waals surface area (Å²) in [6, 6.07) is 8.05. The van der Waals surface area contributed by atoms with E-state index in [-0.39, 0.29) is 0 Å². The second kappa shape index (κ2) is 15.1. The number of hydrogen-bond donors (Lipinski definition) is 0. The van der Waals surface area contributed by atoms with Crippen LogP contribution >= 0.6 is 0 Å². The number of unbranched alkanes of at least 4 members (excludes halogenated alkanes) is 2. The van der Waals surface area contributed by atoms with Crippen LogP contribution in [0.5, 0.6) is 11.5 Å². The van der Waals surface area contributed by atoms with Gasteiger partial charge in [0.05, 0.1) is 13.2 Å². The molecule has 2 saturated carbocycles. The van der Waals surface area contributed by atoms with Crippen molar-refractivity contribution in [2.24, 2.45) is 23.7 Å². The van der Waals surface area contributed by atoms with Gasteiger partial charge in [-0.1, -0.05) is 57.4 Å². The molecular formula is C31H46O2. The molecule has 2 heteroatoms. The van der Waals surface area contributed by atoms with Gasteiger partial charge in [-0.05, 0) is 106 Å². The van der Waals surface area contributed by atoms with E-state index < -0.39 is 0 Å². The van der Waals surface area contributed by atoms with Crippen molar-refractivity contribution in [2.75, 3.05) is 13.2 Å². The highest BCUT2D eigenvalue weighted by atomic mass is 16.5. The van der Waals surface area contributed by atoms with Crippen LogP contribution in [-0.2, 0) is 0 Å². The first-order valence-corrected chi connectivity index (χ1v) is 13.8. The molecule has 0 atom stereocenters. The maximum atomic E-state index is 6.04. The summed E-state index contributed by atoms with van der Waals surface area (Å²) < 4.78 is 11.7. The molecule has 2 aliphatic rings. The van der Waals surface area contributed by atoms with Crippen molar-refractivity contribution >= 4 is 0 Å². The molecule has 0 spiro atoms. The third kappa shape index (κ3) is 9.87. The zero-order chi connectivity index (χ0) is 23.1. The fourth-order valence-electron chi connectivity index (χ4n) is 5.24. The zero-order valence-corrected chi connectivity index (χ0v) is 21.2. The molecule has 0 aromatic heterocycles. The monoisotopic (exact) mass is 450 g/mol. The van der Waals surface area contributed by atoms with E-state index in [0.717, 1.165) is 43.0 Å². The van der Waals surface area contributed by atoms with E-state index in [0.29, 0.717) is 11.8 Å². The van der Waals surface area contributed by atoms with Gasteiger partial charge in [0.25, 0.3) is 0 Å². The smallest absolute Gasteiger partial charge is 0.119 e. The summed E-state index contributed by atoms with van der Waals surface area (Å²) in [4.78, 5) is 0. The van der Waals surface area contributed by atoms with E-state index in [2.05, 4.69) is 37.8 Å².